The van der Waals surface area contributed by atoms with Gasteiger partial charge in [0.1, 0.15) is 19.0 Å². The van der Waals surface area contributed by atoms with Crippen molar-refractivity contribution < 1.29 is 38.1 Å². The Bertz CT molecular complexity index is 750. The lowest BCUT2D eigenvalue weighted by Crippen LogP contribution is -2.38. The molecule has 1 atom stereocenters. The molecular weight excluding hydrogens is 588 g/mol. The molecule has 0 unspecified atom stereocenters. The number of amides is 1. The first-order valence-electron chi connectivity index (χ1n) is 18.2. The Morgan fingerprint density at radius 3 is 1.59 bits per heavy atom. The molecule has 0 aliphatic heterocycles. The highest BCUT2D eigenvalue weighted by Gasteiger charge is 2.19. The molecule has 0 bridgehead atoms. The van der Waals surface area contributed by atoms with Crippen LogP contribution in [0.3, 0.4) is 0 Å². The van der Waals surface area contributed by atoms with E-state index in [9.17, 15) is 19.2 Å². The van der Waals surface area contributed by atoms with Crippen molar-refractivity contribution >= 4 is 23.3 Å². The maximum absolute atomic E-state index is 12.4. The maximum Gasteiger partial charge on any atom is 0.224 e. The molecule has 0 aliphatic rings. The zero-order valence-electron chi connectivity index (χ0n) is 29.4. The van der Waals surface area contributed by atoms with Crippen LogP contribution in [0.5, 0.6) is 0 Å². The summed E-state index contributed by atoms with van der Waals surface area (Å²) in [4.78, 5) is 47.4. The average Bonchev–Trinajstić information content (AvgIpc) is 3.03. The van der Waals surface area contributed by atoms with E-state index in [0.717, 1.165) is 12.8 Å². The molecule has 1 amide bonds. The lowest BCUT2D eigenvalue weighted by atomic mass is 9.98. The molecule has 0 saturated carbocycles. The van der Waals surface area contributed by atoms with E-state index < -0.39 is 5.92 Å². The van der Waals surface area contributed by atoms with Gasteiger partial charge in [0.25, 0.3) is 0 Å². The normalized spacial score (nSPS) is 11.9. The lowest BCUT2D eigenvalue weighted by molar-refractivity contribution is -0.129. The molecule has 0 rings (SSSR count). The van der Waals surface area contributed by atoms with Crippen LogP contribution < -0.4 is 11.1 Å². The van der Waals surface area contributed by atoms with E-state index in [-0.39, 0.29) is 56.0 Å². The van der Waals surface area contributed by atoms with Crippen LogP contribution in [0.2, 0.25) is 0 Å². The van der Waals surface area contributed by atoms with Crippen molar-refractivity contribution in [2.45, 2.75) is 136 Å². The van der Waals surface area contributed by atoms with E-state index in [1.807, 2.05) is 0 Å². The van der Waals surface area contributed by atoms with Gasteiger partial charge in [0.15, 0.2) is 11.6 Å². The van der Waals surface area contributed by atoms with E-state index in [1.54, 1.807) is 0 Å². The van der Waals surface area contributed by atoms with Gasteiger partial charge in [0.2, 0.25) is 5.91 Å². The van der Waals surface area contributed by atoms with Crippen LogP contribution in [0, 0.1) is 5.92 Å². The number of rotatable bonds is 37. The summed E-state index contributed by atoms with van der Waals surface area (Å²) in [5, 5.41) is 2.79. The predicted octanol–water partition coefficient (Wildman–Crippen LogP) is 5.90. The first-order valence-corrected chi connectivity index (χ1v) is 18.2. The van der Waals surface area contributed by atoms with Gasteiger partial charge in [-0.3, -0.25) is 19.2 Å². The number of unbranched alkanes of at least 4 members (excludes halogenated alkanes) is 14. The molecule has 0 saturated heterocycles. The summed E-state index contributed by atoms with van der Waals surface area (Å²) in [7, 11) is 0. The minimum absolute atomic E-state index is 0.00865. The molecule has 0 heterocycles. The predicted molar refractivity (Wildman–Crippen MR) is 183 cm³/mol. The molecule has 10 heteroatoms. The van der Waals surface area contributed by atoms with E-state index >= 15 is 0 Å². The summed E-state index contributed by atoms with van der Waals surface area (Å²) in [6.07, 6.45) is 21.0. The Hall–Kier alpha value is -1.72. The van der Waals surface area contributed by atoms with Gasteiger partial charge in [-0.15, -0.1) is 0 Å². The second-order valence-electron chi connectivity index (χ2n) is 12.3. The zero-order valence-corrected chi connectivity index (χ0v) is 29.4. The summed E-state index contributed by atoms with van der Waals surface area (Å²) in [5.41, 5.74) is 5.78. The van der Waals surface area contributed by atoms with Gasteiger partial charge in [-0.05, 0) is 19.8 Å². The largest absolute Gasteiger partial charge is 0.379 e. The standard InChI is InChI=1S/C36H68N2O8/c1-3-4-5-6-7-8-9-10-11-12-13-14-15-16-17-19-34(40)28-33(29-37)36(42)38-21-23-44-25-27-46-31-35(41)20-18-22-43-24-26-45-30-32(2)39/h33H,3-31,37H2,1-2H3,(H,38,42)/t33-/m0/s1. The van der Waals surface area contributed by atoms with E-state index in [1.165, 1.54) is 90.4 Å². The van der Waals surface area contributed by atoms with Gasteiger partial charge in [0.05, 0.1) is 39.0 Å². The number of carbonyl (C=O) groups is 4. The number of carbonyl (C=O) groups excluding carboxylic acids is 4. The molecule has 0 aromatic heterocycles. The van der Waals surface area contributed by atoms with E-state index in [2.05, 4.69) is 12.2 Å². The molecule has 10 nitrogen and oxygen atoms in total. The zero-order chi connectivity index (χ0) is 33.9. The van der Waals surface area contributed by atoms with E-state index in [4.69, 9.17) is 24.7 Å². The lowest BCUT2D eigenvalue weighted by Gasteiger charge is -2.14. The van der Waals surface area contributed by atoms with Crippen molar-refractivity contribution in [3.63, 3.8) is 0 Å². The highest BCUT2D eigenvalue weighted by molar-refractivity contribution is 5.87. The highest BCUT2D eigenvalue weighted by Crippen LogP contribution is 2.14. The Morgan fingerprint density at radius 2 is 1.04 bits per heavy atom. The topological polar surface area (TPSA) is 143 Å². The van der Waals surface area contributed by atoms with Gasteiger partial charge in [-0.1, -0.05) is 96.8 Å². The molecule has 0 aromatic rings. The smallest absolute Gasteiger partial charge is 0.224 e. The van der Waals surface area contributed by atoms with Gasteiger partial charge in [-0.25, -0.2) is 0 Å². The molecule has 0 fully saturated rings. The Balaban J connectivity index is 3.59. The van der Waals surface area contributed by atoms with Crippen molar-refractivity contribution in [2.75, 3.05) is 65.9 Å². The van der Waals surface area contributed by atoms with Crippen LogP contribution in [-0.4, -0.2) is 89.2 Å². The third kappa shape index (κ3) is 32.2. The van der Waals surface area contributed by atoms with Crippen LogP contribution in [0.1, 0.15) is 136 Å². The average molecular weight is 657 g/mol. The molecule has 270 valence electrons. The second kappa shape index (κ2) is 34.6. The van der Waals surface area contributed by atoms with Crippen molar-refractivity contribution in [3.8, 4) is 0 Å². The van der Waals surface area contributed by atoms with Gasteiger partial charge < -0.3 is 30.0 Å². The number of Topliss-reactive ketones (excluding diaryl/α,β-unsaturated/α-hetero) is 3. The van der Waals surface area contributed by atoms with Crippen LogP contribution in [0.4, 0.5) is 0 Å². The number of nitrogens with two attached hydrogens (primary N) is 1. The number of hydrogen-bond donors (Lipinski definition) is 2. The minimum Gasteiger partial charge on any atom is -0.379 e. The molecule has 0 radical (unpaired) electrons. The number of ketones is 3. The fourth-order valence-corrected chi connectivity index (χ4v) is 5.03. The molecular formula is C36H68N2O8. The fourth-order valence-electron chi connectivity index (χ4n) is 5.03. The third-order valence-electron chi connectivity index (χ3n) is 7.79. The molecule has 3 N–H and O–H groups in total. The Kier molecular flexibility index (Phi) is 33.3. The Labute approximate surface area is 280 Å². The molecule has 0 spiro atoms. The van der Waals surface area contributed by atoms with Gasteiger partial charge in [0, 0.05) is 39.0 Å². The van der Waals surface area contributed by atoms with Crippen molar-refractivity contribution in [1.82, 2.24) is 5.32 Å². The first-order chi connectivity index (χ1) is 22.4. The summed E-state index contributed by atoms with van der Waals surface area (Å²) in [6, 6.07) is 0. The van der Waals surface area contributed by atoms with Gasteiger partial charge >= 0.3 is 0 Å². The quantitative estimate of drug-likeness (QED) is 0.0781. The monoisotopic (exact) mass is 656 g/mol. The van der Waals surface area contributed by atoms with Crippen LogP contribution in [-0.2, 0) is 38.1 Å². The molecule has 0 aliphatic carbocycles. The summed E-state index contributed by atoms with van der Waals surface area (Å²) < 4.78 is 21.2. The summed E-state index contributed by atoms with van der Waals surface area (Å²) in [6.45, 7) is 6.39. The number of ether oxygens (including phenoxy) is 4. The second-order valence-corrected chi connectivity index (χ2v) is 12.3. The summed E-state index contributed by atoms with van der Waals surface area (Å²) >= 11 is 0. The summed E-state index contributed by atoms with van der Waals surface area (Å²) in [5.74, 6) is -0.658. The highest BCUT2D eigenvalue weighted by atomic mass is 16.5. The molecule has 0 aromatic carbocycles. The minimum atomic E-state index is -0.511. The number of nitrogens with one attached hydrogen (secondary N) is 1. The first kappa shape index (κ1) is 44.3. The van der Waals surface area contributed by atoms with Crippen LogP contribution in [0.25, 0.3) is 0 Å². The SMILES string of the molecule is CCCCCCCCCCCCCCCCCC(=O)C[C@@H](CN)C(=O)NCCOCCOCC(=O)CCCOCCOCC(C)=O. The number of hydrogen-bond acceptors (Lipinski definition) is 9. The Morgan fingerprint density at radius 1 is 0.565 bits per heavy atom. The fraction of sp³-hybridized carbons (Fsp3) is 0.889. The molecule has 46 heavy (non-hydrogen) atoms. The van der Waals surface area contributed by atoms with Crippen LogP contribution >= 0.6 is 0 Å². The van der Waals surface area contributed by atoms with E-state index in [0.29, 0.717) is 58.8 Å². The van der Waals surface area contributed by atoms with Crippen LogP contribution in [0.15, 0.2) is 0 Å². The van der Waals surface area contributed by atoms with Crippen molar-refractivity contribution in [3.05, 3.63) is 0 Å². The maximum atomic E-state index is 12.4. The third-order valence-corrected chi connectivity index (χ3v) is 7.79. The van der Waals surface area contributed by atoms with Gasteiger partial charge in [-0.2, -0.15) is 0 Å². The van der Waals surface area contributed by atoms with Crippen molar-refractivity contribution in [1.29, 1.82) is 0 Å². The van der Waals surface area contributed by atoms with Crippen molar-refractivity contribution in [2.24, 2.45) is 11.7 Å².